The highest BCUT2D eigenvalue weighted by molar-refractivity contribution is 6.21. The number of aromatic hydroxyl groups is 3. The van der Waals surface area contributed by atoms with Crippen LogP contribution in [0.1, 0.15) is 31.1 Å². The highest BCUT2D eigenvalue weighted by Crippen LogP contribution is 2.40. The molecule has 33 heavy (non-hydrogen) atoms. The summed E-state index contributed by atoms with van der Waals surface area (Å²) >= 11 is 0. The van der Waals surface area contributed by atoms with Gasteiger partial charge in [0.05, 0.1) is 11.7 Å². The third kappa shape index (κ3) is 3.78. The number of nitrogens with one attached hydrogen (secondary N) is 1. The summed E-state index contributed by atoms with van der Waals surface area (Å²) in [5.41, 5.74) is 0.925. The van der Waals surface area contributed by atoms with Crippen molar-refractivity contribution in [3.05, 3.63) is 77.9 Å². The molecule has 1 aliphatic rings. The van der Waals surface area contributed by atoms with Crippen molar-refractivity contribution in [1.82, 2.24) is 5.32 Å². The minimum atomic E-state index is -0.971. The molecule has 5 rings (SSSR count). The number of rotatable bonds is 3. The summed E-state index contributed by atoms with van der Waals surface area (Å²) < 4.78 is 5.84. The molecule has 4 aromatic rings. The molecule has 0 saturated heterocycles. The van der Waals surface area contributed by atoms with Crippen molar-refractivity contribution in [3.8, 4) is 17.2 Å². The monoisotopic (exact) mass is 441 g/mol. The Balaban J connectivity index is 1.73. The number of nitrogens with zero attached hydrogens (tertiary/aromatic N) is 2. The molecule has 0 aromatic heterocycles. The second kappa shape index (κ2) is 8.02. The maximum absolute atomic E-state index is 10.4. The lowest BCUT2D eigenvalue weighted by Gasteiger charge is -2.24. The highest BCUT2D eigenvalue weighted by atomic mass is 16.5. The summed E-state index contributed by atoms with van der Waals surface area (Å²) in [4.78, 5) is 9.18. The largest absolute Gasteiger partial charge is 0.508 e. The van der Waals surface area contributed by atoms with Crippen LogP contribution < -0.4 is 5.32 Å². The molecule has 166 valence electrons. The van der Waals surface area contributed by atoms with Gasteiger partial charge < -0.3 is 20.1 Å². The predicted molar refractivity (Wildman–Crippen MR) is 129 cm³/mol. The first-order valence-corrected chi connectivity index (χ1v) is 10.7. The van der Waals surface area contributed by atoms with E-state index >= 15 is 0 Å². The van der Waals surface area contributed by atoms with E-state index in [1.807, 2.05) is 50.2 Å². The summed E-state index contributed by atoms with van der Waals surface area (Å²) in [7, 11) is 0. The number of hydrogen-bond donors (Lipinski definition) is 4. The second-order valence-corrected chi connectivity index (χ2v) is 8.17. The predicted octanol–water partition coefficient (Wildman–Crippen LogP) is 4.94. The molecule has 4 aromatic carbocycles. The first kappa shape index (κ1) is 20.6. The molecule has 7 nitrogen and oxygen atoms in total. The van der Waals surface area contributed by atoms with Gasteiger partial charge in [-0.25, -0.2) is 9.98 Å². The first-order valence-electron chi connectivity index (χ1n) is 10.7. The summed E-state index contributed by atoms with van der Waals surface area (Å²) in [6.07, 6.45) is -1.13. The van der Waals surface area contributed by atoms with Crippen LogP contribution in [-0.4, -0.2) is 33.3 Å². The number of amidine groups is 2. The molecule has 4 N–H and O–H groups in total. The minimum absolute atomic E-state index is 0.0850. The van der Waals surface area contributed by atoms with Gasteiger partial charge in [0.25, 0.3) is 6.02 Å². The molecule has 0 amide bonds. The van der Waals surface area contributed by atoms with Gasteiger partial charge in [0.15, 0.2) is 6.17 Å². The third-order valence-electron chi connectivity index (χ3n) is 5.47. The minimum Gasteiger partial charge on any atom is -0.508 e. The zero-order chi connectivity index (χ0) is 23.1. The number of hydrogen-bond acceptors (Lipinski definition) is 7. The van der Waals surface area contributed by atoms with E-state index in [1.54, 1.807) is 0 Å². The second-order valence-electron chi connectivity index (χ2n) is 8.17. The van der Waals surface area contributed by atoms with Gasteiger partial charge in [-0.1, -0.05) is 48.5 Å². The lowest BCUT2D eigenvalue weighted by molar-refractivity contribution is 0.217. The van der Waals surface area contributed by atoms with E-state index < -0.39 is 6.17 Å². The van der Waals surface area contributed by atoms with Crippen LogP contribution in [0.3, 0.4) is 0 Å². The van der Waals surface area contributed by atoms with Crippen molar-refractivity contribution >= 4 is 33.4 Å². The summed E-state index contributed by atoms with van der Waals surface area (Å²) in [6, 6.07) is 20.8. The Morgan fingerprint density at radius 2 is 1.45 bits per heavy atom. The van der Waals surface area contributed by atoms with Gasteiger partial charge in [0.2, 0.25) is 0 Å². The molecular formula is C26H23N3O4. The van der Waals surface area contributed by atoms with Gasteiger partial charge in [-0.3, -0.25) is 5.32 Å². The average molecular weight is 441 g/mol. The molecular weight excluding hydrogens is 418 g/mol. The van der Waals surface area contributed by atoms with E-state index in [0.717, 1.165) is 39.2 Å². The Labute approximate surface area is 190 Å². The summed E-state index contributed by atoms with van der Waals surface area (Å²) in [6.45, 7) is 3.76. The van der Waals surface area contributed by atoms with Gasteiger partial charge in [0, 0.05) is 17.7 Å². The van der Waals surface area contributed by atoms with Crippen molar-refractivity contribution in [1.29, 1.82) is 0 Å². The number of benzene rings is 4. The quantitative estimate of drug-likeness (QED) is 0.337. The van der Waals surface area contributed by atoms with Crippen LogP contribution in [0.4, 0.5) is 0 Å². The molecule has 0 bridgehead atoms. The zero-order valence-corrected chi connectivity index (χ0v) is 18.1. The molecule has 1 unspecified atom stereocenters. The Kier molecular flexibility index (Phi) is 5.01. The van der Waals surface area contributed by atoms with Crippen molar-refractivity contribution < 1.29 is 20.1 Å². The van der Waals surface area contributed by atoms with Crippen molar-refractivity contribution in [2.24, 2.45) is 9.98 Å². The van der Waals surface area contributed by atoms with Crippen LogP contribution in [0, 0.1) is 0 Å². The standard InChI is InChI=1S/C26H23N3O4/c1-14(2)33-26-28-24(27-25(29-26)23-21(31)12-16(30)13-22(23)32)20-11-15-7-3-4-8-17(15)18-9-5-6-10-19(18)20/h3-14,25,30-32H,1-2H3,(H,27,28,29). The SMILES string of the molecule is CC(C)OC1=NC(c2c(O)cc(O)cc2O)N=C(c2cc3ccccc3c3ccccc23)N1. The molecule has 1 heterocycles. The third-order valence-corrected chi connectivity index (χ3v) is 5.47. The molecule has 1 atom stereocenters. The number of fused-ring (bicyclic) bond motifs is 3. The fraction of sp³-hybridized carbons (Fsp3) is 0.154. The van der Waals surface area contributed by atoms with E-state index in [2.05, 4.69) is 28.5 Å². The molecule has 0 radical (unpaired) electrons. The summed E-state index contributed by atoms with van der Waals surface area (Å²) in [5, 5.41) is 38.0. The molecule has 0 aliphatic carbocycles. The molecule has 7 heteroatoms. The van der Waals surface area contributed by atoms with Crippen molar-refractivity contribution in [2.45, 2.75) is 26.1 Å². The van der Waals surface area contributed by atoms with Crippen molar-refractivity contribution in [3.63, 3.8) is 0 Å². The van der Waals surface area contributed by atoms with Gasteiger partial charge >= 0.3 is 0 Å². The summed E-state index contributed by atoms with van der Waals surface area (Å²) in [5.74, 6) is -0.369. The Morgan fingerprint density at radius 3 is 2.15 bits per heavy atom. The molecule has 0 fully saturated rings. The van der Waals surface area contributed by atoms with Gasteiger partial charge in [-0.2, -0.15) is 0 Å². The molecule has 0 spiro atoms. The zero-order valence-electron chi connectivity index (χ0n) is 18.1. The first-order chi connectivity index (χ1) is 15.9. The normalized spacial score (nSPS) is 15.9. The number of phenolic OH excluding ortho intramolecular Hbond substituents is 3. The van der Waals surface area contributed by atoms with Crippen molar-refractivity contribution in [2.75, 3.05) is 0 Å². The smallest absolute Gasteiger partial charge is 0.293 e. The molecule has 1 aliphatic heterocycles. The number of phenols is 3. The van der Waals surface area contributed by atoms with Gasteiger partial charge in [-0.05, 0) is 41.5 Å². The average Bonchev–Trinajstić information content (AvgIpc) is 2.77. The maximum Gasteiger partial charge on any atom is 0.293 e. The number of ether oxygens (including phenoxy) is 1. The van der Waals surface area contributed by atoms with Crippen LogP contribution in [0.15, 0.2) is 76.7 Å². The fourth-order valence-corrected chi connectivity index (χ4v) is 4.10. The highest BCUT2D eigenvalue weighted by Gasteiger charge is 2.27. The Bertz CT molecular complexity index is 1420. The van der Waals surface area contributed by atoms with Crippen LogP contribution in [0.2, 0.25) is 0 Å². The van der Waals surface area contributed by atoms with E-state index in [0.29, 0.717) is 5.84 Å². The van der Waals surface area contributed by atoms with Crippen LogP contribution in [0.5, 0.6) is 17.2 Å². The van der Waals surface area contributed by atoms with Crippen LogP contribution >= 0.6 is 0 Å². The van der Waals surface area contributed by atoms with E-state index in [4.69, 9.17) is 9.73 Å². The molecule has 0 saturated carbocycles. The lowest BCUT2D eigenvalue weighted by Crippen LogP contribution is -2.38. The van der Waals surface area contributed by atoms with Crippen LogP contribution in [0.25, 0.3) is 21.5 Å². The Morgan fingerprint density at radius 1 is 0.818 bits per heavy atom. The van der Waals surface area contributed by atoms with Gasteiger partial charge in [0.1, 0.15) is 23.1 Å². The van der Waals surface area contributed by atoms with Gasteiger partial charge in [-0.15, -0.1) is 0 Å². The van der Waals surface area contributed by atoms with E-state index in [-0.39, 0.29) is 34.9 Å². The Hall–Kier alpha value is -4.26. The number of aliphatic imine (C=N–C) groups is 2. The maximum atomic E-state index is 10.4. The van der Waals surface area contributed by atoms with E-state index in [1.165, 1.54) is 0 Å². The van der Waals surface area contributed by atoms with E-state index in [9.17, 15) is 15.3 Å². The fourth-order valence-electron chi connectivity index (χ4n) is 4.10. The topological polar surface area (TPSA) is 107 Å². The van der Waals surface area contributed by atoms with Crippen LogP contribution in [-0.2, 0) is 4.74 Å². The lowest BCUT2D eigenvalue weighted by atomic mass is 9.96.